The molecule has 1 amide bonds. The highest BCUT2D eigenvalue weighted by Crippen LogP contribution is 2.23. The van der Waals surface area contributed by atoms with Crippen LogP contribution in [0.5, 0.6) is 11.5 Å². The van der Waals surface area contributed by atoms with Crippen molar-refractivity contribution in [1.29, 1.82) is 0 Å². The van der Waals surface area contributed by atoms with Crippen LogP contribution in [0.4, 0.5) is 0 Å². The number of carboxylic acids is 1. The minimum atomic E-state index is -0.893. The molecule has 0 aliphatic rings. The standard InChI is InChI=1S/C25H28N2O5/c1-17(2)14-22(23-16-21(32-27-23)12-13-25(29)30)26-24(28)15-18-8-10-20(11-9-18)31-19-6-4-3-5-7-19/h3-11,16-17,22H,12-15H2,1-2H3,(H,26,28)(H,29,30). The van der Waals surface area contributed by atoms with Crippen LogP contribution >= 0.6 is 0 Å². The van der Waals surface area contributed by atoms with E-state index in [9.17, 15) is 9.59 Å². The van der Waals surface area contributed by atoms with Gasteiger partial charge in [-0.3, -0.25) is 9.59 Å². The molecule has 0 saturated carbocycles. The number of nitrogens with zero attached hydrogens (tertiary/aromatic N) is 1. The first-order valence-corrected chi connectivity index (χ1v) is 10.7. The summed E-state index contributed by atoms with van der Waals surface area (Å²) in [5.74, 6) is 1.27. The van der Waals surface area contributed by atoms with Crippen molar-refractivity contribution in [2.75, 3.05) is 0 Å². The Hall–Kier alpha value is -3.61. The lowest BCUT2D eigenvalue weighted by molar-refractivity contribution is -0.137. The molecule has 1 atom stereocenters. The summed E-state index contributed by atoms with van der Waals surface area (Å²) in [5.41, 5.74) is 1.48. The first kappa shape index (κ1) is 23.1. The Kier molecular flexibility index (Phi) is 8.02. The van der Waals surface area contributed by atoms with E-state index in [4.69, 9.17) is 14.4 Å². The average Bonchev–Trinajstić information content (AvgIpc) is 3.23. The summed E-state index contributed by atoms with van der Waals surface area (Å²) in [6.07, 6.45) is 1.16. The number of benzene rings is 2. The van der Waals surface area contributed by atoms with Gasteiger partial charge in [0.2, 0.25) is 5.91 Å². The molecule has 168 valence electrons. The summed E-state index contributed by atoms with van der Waals surface area (Å²) in [5, 5.41) is 15.9. The Morgan fingerprint density at radius 2 is 1.75 bits per heavy atom. The lowest BCUT2D eigenvalue weighted by Gasteiger charge is -2.18. The minimum Gasteiger partial charge on any atom is -0.481 e. The number of ether oxygens (including phenoxy) is 1. The van der Waals surface area contributed by atoms with Crippen LogP contribution in [0.1, 0.15) is 49.7 Å². The first-order chi connectivity index (χ1) is 15.4. The Bertz CT molecular complexity index is 1010. The molecule has 2 N–H and O–H groups in total. The molecule has 7 nitrogen and oxygen atoms in total. The highest BCUT2D eigenvalue weighted by Gasteiger charge is 2.20. The number of hydrogen-bond donors (Lipinski definition) is 2. The SMILES string of the molecule is CC(C)CC(NC(=O)Cc1ccc(Oc2ccccc2)cc1)c1cc(CCC(=O)O)on1. The average molecular weight is 437 g/mol. The predicted molar refractivity (Wildman–Crippen MR) is 119 cm³/mol. The van der Waals surface area contributed by atoms with Gasteiger partial charge in [0.05, 0.1) is 18.9 Å². The fourth-order valence-electron chi connectivity index (χ4n) is 3.30. The molecular formula is C25H28N2O5. The van der Waals surface area contributed by atoms with Crippen molar-refractivity contribution in [3.8, 4) is 11.5 Å². The normalized spacial score (nSPS) is 11.8. The fourth-order valence-corrected chi connectivity index (χ4v) is 3.30. The molecule has 3 aromatic rings. The molecule has 1 unspecified atom stereocenters. The van der Waals surface area contributed by atoms with E-state index in [0.29, 0.717) is 29.5 Å². The van der Waals surface area contributed by atoms with Gasteiger partial charge in [0, 0.05) is 12.5 Å². The van der Waals surface area contributed by atoms with Gasteiger partial charge in [-0.25, -0.2) is 0 Å². The monoisotopic (exact) mass is 436 g/mol. The van der Waals surface area contributed by atoms with Crippen LogP contribution < -0.4 is 10.1 Å². The summed E-state index contributed by atoms with van der Waals surface area (Å²) in [6.45, 7) is 4.13. The van der Waals surface area contributed by atoms with Crippen molar-refractivity contribution in [1.82, 2.24) is 10.5 Å². The van der Waals surface area contributed by atoms with Crippen molar-refractivity contribution < 1.29 is 24.0 Å². The maximum absolute atomic E-state index is 12.7. The molecule has 1 aromatic heterocycles. The summed E-state index contributed by atoms with van der Waals surface area (Å²) < 4.78 is 11.0. The maximum Gasteiger partial charge on any atom is 0.303 e. The number of amides is 1. The van der Waals surface area contributed by atoms with Crippen molar-refractivity contribution in [3.63, 3.8) is 0 Å². The van der Waals surface area contributed by atoms with E-state index in [0.717, 1.165) is 11.3 Å². The number of carbonyl (C=O) groups excluding carboxylic acids is 1. The largest absolute Gasteiger partial charge is 0.481 e. The Morgan fingerprint density at radius 3 is 2.41 bits per heavy atom. The molecule has 0 radical (unpaired) electrons. The molecule has 0 fully saturated rings. The molecule has 32 heavy (non-hydrogen) atoms. The number of carboxylic acid groups (broad SMARTS) is 1. The number of aliphatic carboxylic acids is 1. The fraction of sp³-hybridized carbons (Fsp3) is 0.320. The van der Waals surface area contributed by atoms with E-state index in [1.165, 1.54) is 0 Å². The van der Waals surface area contributed by atoms with E-state index in [2.05, 4.69) is 24.3 Å². The van der Waals surface area contributed by atoms with Crippen LogP contribution in [0.3, 0.4) is 0 Å². The number of para-hydroxylation sites is 1. The molecule has 3 rings (SSSR count). The molecule has 0 saturated heterocycles. The number of carbonyl (C=O) groups is 2. The lowest BCUT2D eigenvalue weighted by Crippen LogP contribution is -2.31. The second-order valence-corrected chi connectivity index (χ2v) is 8.10. The van der Waals surface area contributed by atoms with Gasteiger partial charge in [0.25, 0.3) is 0 Å². The Morgan fingerprint density at radius 1 is 1.06 bits per heavy atom. The lowest BCUT2D eigenvalue weighted by atomic mass is 10.00. The number of aryl methyl sites for hydroxylation is 1. The molecule has 7 heteroatoms. The highest BCUT2D eigenvalue weighted by atomic mass is 16.5. The number of hydrogen-bond acceptors (Lipinski definition) is 5. The predicted octanol–water partition coefficient (Wildman–Crippen LogP) is 4.93. The van der Waals surface area contributed by atoms with Gasteiger partial charge in [-0.05, 0) is 42.2 Å². The number of aromatic nitrogens is 1. The third-order valence-corrected chi connectivity index (χ3v) is 4.83. The van der Waals surface area contributed by atoms with Crippen LogP contribution in [0, 0.1) is 5.92 Å². The van der Waals surface area contributed by atoms with Crippen molar-refractivity contribution in [3.05, 3.63) is 77.7 Å². The first-order valence-electron chi connectivity index (χ1n) is 10.7. The summed E-state index contributed by atoms with van der Waals surface area (Å²) >= 11 is 0. The minimum absolute atomic E-state index is 0.0280. The molecule has 0 bridgehead atoms. The van der Waals surface area contributed by atoms with Crippen molar-refractivity contribution >= 4 is 11.9 Å². The van der Waals surface area contributed by atoms with E-state index in [1.54, 1.807) is 6.07 Å². The zero-order valence-corrected chi connectivity index (χ0v) is 18.3. The molecule has 1 heterocycles. The smallest absolute Gasteiger partial charge is 0.303 e. The van der Waals surface area contributed by atoms with Gasteiger partial charge in [-0.1, -0.05) is 49.3 Å². The molecule has 0 aliphatic carbocycles. The van der Waals surface area contributed by atoms with Crippen molar-refractivity contribution in [2.24, 2.45) is 5.92 Å². The summed E-state index contributed by atoms with van der Waals surface area (Å²) in [4.78, 5) is 23.5. The zero-order valence-electron chi connectivity index (χ0n) is 18.3. The third kappa shape index (κ3) is 7.27. The van der Waals surface area contributed by atoms with Crippen molar-refractivity contribution in [2.45, 2.75) is 45.6 Å². The topological polar surface area (TPSA) is 102 Å². The maximum atomic E-state index is 12.7. The van der Waals surface area contributed by atoms with E-state index < -0.39 is 5.97 Å². The van der Waals surface area contributed by atoms with Gasteiger partial charge in [-0.2, -0.15) is 0 Å². The van der Waals surface area contributed by atoms with Crippen LogP contribution in [0.2, 0.25) is 0 Å². The van der Waals surface area contributed by atoms with Crippen LogP contribution in [-0.2, 0) is 22.4 Å². The van der Waals surface area contributed by atoms with Gasteiger partial charge in [0.15, 0.2) is 0 Å². The van der Waals surface area contributed by atoms with Crippen LogP contribution in [0.25, 0.3) is 0 Å². The second-order valence-electron chi connectivity index (χ2n) is 8.10. The summed E-state index contributed by atoms with van der Waals surface area (Å²) in [7, 11) is 0. The zero-order chi connectivity index (χ0) is 22.9. The number of nitrogens with one attached hydrogen (secondary N) is 1. The Labute approximate surface area is 187 Å². The van der Waals surface area contributed by atoms with Gasteiger partial charge >= 0.3 is 5.97 Å². The van der Waals surface area contributed by atoms with E-state index in [1.807, 2.05) is 54.6 Å². The highest BCUT2D eigenvalue weighted by molar-refractivity contribution is 5.79. The molecule has 0 aliphatic heterocycles. The quantitative estimate of drug-likeness (QED) is 0.442. The van der Waals surface area contributed by atoms with Crippen LogP contribution in [0.15, 0.2) is 65.2 Å². The van der Waals surface area contributed by atoms with E-state index in [-0.39, 0.29) is 31.2 Å². The van der Waals surface area contributed by atoms with Gasteiger partial charge < -0.3 is 19.7 Å². The molecular weight excluding hydrogens is 408 g/mol. The van der Waals surface area contributed by atoms with Gasteiger partial charge in [0.1, 0.15) is 23.0 Å². The second kappa shape index (κ2) is 11.1. The van der Waals surface area contributed by atoms with E-state index >= 15 is 0 Å². The van der Waals surface area contributed by atoms with Crippen LogP contribution in [-0.4, -0.2) is 22.1 Å². The molecule has 0 spiro atoms. The summed E-state index contributed by atoms with van der Waals surface area (Å²) in [6, 6.07) is 18.4. The third-order valence-electron chi connectivity index (χ3n) is 4.83. The number of rotatable bonds is 11. The van der Waals surface area contributed by atoms with Gasteiger partial charge in [-0.15, -0.1) is 0 Å². The Balaban J connectivity index is 1.59. The molecule has 2 aromatic carbocycles.